The van der Waals surface area contributed by atoms with Crippen LogP contribution in [-0.2, 0) is 7.05 Å². The predicted molar refractivity (Wildman–Crippen MR) is 62.1 cm³/mol. The van der Waals surface area contributed by atoms with Gasteiger partial charge in [0, 0.05) is 25.5 Å². The van der Waals surface area contributed by atoms with E-state index in [2.05, 4.69) is 43.3 Å². The van der Waals surface area contributed by atoms with E-state index < -0.39 is 0 Å². The molecular formula is C9H16BrN5. The van der Waals surface area contributed by atoms with Crippen molar-refractivity contribution in [3.8, 4) is 0 Å². The van der Waals surface area contributed by atoms with Crippen molar-refractivity contribution in [2.24, 2.45) is 18.9 Å². The lowest BCUT2D eigenvalue weighted by atomic mass is 9.92. The monoisotopic (exact) mass is 273 g/mol. The molecule has 0 N–H and O–H groups in total. The van der Waals surface area contributed by atoms with Crippen molar-refractivity contribution in [2.75, 3.05) is 23.3 Å². The molecule has 2 heterocycles. The van der Waals surface area contributed by atoms with Crippen molar-refractivity contribution < 1.29 is 0 Å². The zero-order valence-corrected chi connectivity index (χ0v) is 10.7. The number of anilines is 1. The van der Waals surface area contributed by atoms with Gasteiger partial charge in [0.15, 0.2) is 0 Å². The number of nitrogens with zero attached hydrogens (tertiary/aromatic N) is 5. The molecular weight excluding hydrogens is 258 g/mol. The first-order valence-corrected chi connectivity index (χ1v) is 6.36. The smallest absolute Gasteiger partial charge is 0.245 e. The Hall–Kier alpha value is -0.650. The highest BCUT2D eigenvalue weighted by atomic mass is 79.9. The number of aryl methyl sites for hydroxylation is 1. The zero-order valence-electron chi connectivity index (χ0n) is 9.10. The van der Waals surface area contributed by atoms with Gasteiger partial charge in [0.1, 0.15) is 0 Å². The van der Waals surface area contributed by atoms with Crippen LogP contribution in [0.15, 0.2) is 0 Å². The molecule has 0 spiro atoms. The summed E-state index contributed by atoms with van der Waals surface area (Å²) in [7, 11) is 1.89. The fourth-order valence-corrected chi connectivity index (χ4v) is 2.72. The van der Waals surface area contributed by atoms with Gasteiger partial charge in [0.05, 0.1) is 0 Å². The van der Waals surface area contributed by atoms with Crippen LogP contribution in [0.4, 0.5) is 5.95 Å². The second-order valence-electron chi connectivity index (χ2n) is 4.37. The summed E-state index contributed by atoms with van der Waals surface area (Å²) in [6.07, 6.45) is 1.28. The maximum absolute atomic E-state index is 4.06. The standard InChI is InChI=1S/C9H16BrN5/c1-7-3-8(4-10)6-15(5-7)9-11-12-13-14(9)2/h7-8H,3-6H2,1-2H3. The first-order chi connectivity index (χ1) is 7.20. The maximum Gasteiger partial charge on any atom is 0.245 e. The largest absolute Gasteiger partial charge is 0.339 e. The van der Waals surface area contributed by atoms with Crippen LogP contribution in [0.3, 0.4) is 0 Å². The number of rotatable bonds is 2. The number of tetrazole rings is 1. The fourth-order valence-electron chi connectivity index (χ4n) is 2.25. The molecule has 15 heavy (non-hydrogen) atoms. The fraction of sp³-hybridized carbons (Fsp3) is 0.889. The average molecular weight is 274 g/mol. The highest BCUT2D eigenvalue weighted by Crippen LogP contribution is 2.25. The number of piperidine rings is 1. The van der Waals surface area contributed by atoms with Crippen LogP contribution >= 0.6 is 15.9 Å². The topological polar surface area (TPSA) is 46.8 Å². The molecule has 84 valence electrons. The second kappa shape index (κ2) is 4.47. The lowest BCUT2D eigenvalue weighted by molar-refractivity contribution is 0.357. The molecule has 2 unspecified atom stereocenters. The maximum atomic E-state index is 4.06. The van der Waals surface area contributed by atoms with E-state index in [0.29, 0.717) is 11.8 Å². The molecule has 1 fully saturated rings. The molecule has 0 aliphatic carbocycles. The summed E-state index contributed by atoms with van der Waals surface area (Å²) in [6.45, 7) is 4.38. The molecule has 0 bridgehead atoms. The SMILES string of the molecule is CC1CC(CBr)CN(c2nnnn2C)C1. The van der Waals surface area contributed by atoms with E-state index in [-0.39, 0.29) is 0 Å². The van der Waals surface area contributed by atoms with Crippen molar-refractivity contribution in [1.82, 2.24) is 20.2 Å². The summed E-state index contributed by atoms with van der Waals surface area (Å²) in [5.74, 6) is 2.29. The van der Waals surface area contributed by atoms with Gasteiger partial charge in [-0.25, -0.2) is 4.68 Å². The van der Waals surface area contributed by atoms with Crippen LogP contribution in [0.5, 0.6) is 0 Å². The van der Waals surface area contributed by atoms with E-state index in [4.69, 9.17) is 0 Å². The van der Waals surface area contributed by atoms with E-state index in [1.807, 2.05) is 7.05 Å². The Morgan fingerprint density at radius 3 is 2.87 bits per heavy atom. The number of hydrogen-bond acceptors (Lipinski definition) is 4. The summed E-state index contributed by atoms with van der Waals surface area (Å²) in [5, 5.41) is 12.7. The Balaban J connectivity index is 2.12. The van der Waals surface area contributed by atoms with Gasteiger partial charge in [-0.15, -0.1) is 0 Å². The van der Waals surface area contributed by atoms with Crippen LogP contribution in [0.1, 0.15) is 13.3 Å². The lowest BCUT2D eigenvalue weighted by Crippen LogP contribution is -2.41. The van der Waals surface area contributed by atoms with Gasteiger partial charge in [-0.2, -0.15) is 0 Å². The third-order valence-corrected chi connectivity index (χ3v) is 3.76. The molecule has 0 aromatic carbocycles. The molecule has 1 saturated heterocycles. The number of alkyl halides is 1. The molecule has 5 nitrogen and oxygen atoms in total. The van der Waals surface area contributed by atoms with Gasteiger partial charge in [-0.1, -0.05) is 28.0 Å². The van der Waals surface area contributed by atoms with Gasteiger partial charge in [-0.05, 0) is 28.7 Å². The van der Waals surface area contributed by atoms with Crippen molar-refractivity contribution in [3.05, 3.63) is 0 Å². The third kappa shape index (κ3) is 2.30. The normalized spacial score (nSPS) is 27.0. The zero-order chi connectivity index (χ0) is 10.8. The second-order valence-corrected chi connectivity index (χ2v) is 5.02. The molecule has 1 aromatic rings. The average Bonchev–Trinajstić information content (AvgIpc) is 2.63. The van der Waals surface area contributed by atoms with Crippen LogP contribution in [0, 0.1) is 11.8 Å². The predicted octanol–water partition coefficient (Wildman–Crippen LogP) is 1.07. The summed E-state index contributed by atoms with van der Waals surface area (Å²) in [5.41, 5.74) is 0. The van der Waals surface area contributed by atoms with E-state index in [1.165, 1.54) is 6.42 Å². The first kappa shape index (κ1) is 10.9. The summed E-state index contributed by atoms with van der Waals surface area (Å²) >= 11 is 3.56. The molecule has 6 heteroatoms. The van der Waals surface area contributed by atoms with Gasteiger partial charge in [0.25, 0.3) is 0 Å². The molecule has 0 radical (unpaired) electrons. The molecule has 1 aromatic heterocycles. The minimum Gasteiger partial charge on any atom is -0.339 e. The van der Waals surface area contributed by atoms with Crippen LogP contribution < -0.4 is 4.90 Å². The lowest BCUT2D eigenvalue weighted by Gasteiger charge is -2.35. The van der Waals surface area contributed by atoms with Crippen LogP contribution in [0.25, 0.3) is 0 Å². The molecule has 2 rings (SSSR count). The van der Waals surface area contributed by atoms with Gasteiger partial charge < -0.3 is 4.90 Å². The third-order valence-electron chi connectivity index (χ3n) is 2.85. The van der Waals surface area contributed by atoms with Gasteiger partial charge >= 0.3 is 0 Å². The molecule has 0 amide bonds. The quantitative estimate of drug-likeness (QED) is 0.757. The van der Waals surface area contributed by atoms with Crippen molar-refractivity contribution in [2.45, 2.75) is 13.3 Å². The van der Waals surface area contributed by atoms with E-state index in [0.717, 1.165) is 24.4 Å². The van der Waals surface area contributed by atoms with Crippen LogP contribution in [0.2, 0.25) is 0 Å². The Morgan fingerprint density at radius 1 is 1.47 bits per heavy atom. The Kier molecular flexibility index (Phi) is 3.23. The number of hydrogen-bond donors (Lipinski definition) is 0. The van der Waals surface area contributed by atoms with Crippen molar-refractivity contribution in [1.29, 1.82) is 0 Å². The number of aromatic nitrogens is 4. The highest BCUT2D eigenvalue weighted by Gasteiger charge is 2.26. The Labute approximate surface area is 98.0 Å². The molecule has 0 saturated carbocycles. The highest BCUT2D eigenvalue weighted by molar-refractivity contribution is 9.09. The van der Waals surface area contributed by atoms with Crippen molar-refractivity contribution >= 4 is 21.9 Å². The van der Waals surface area contributed by atoms with E-state index in [1.54, 1.807) is 4.68 Å². The molecule has 1 aliphatic rings. The van der Waals surface area contributed by atoms with E-state index in [9.17, 15) is 0 Å². The Morgan fingerprint density at radius 2 is 2.27 bits per heavy atom. The van der Waals surface area contributed by atoms with Gasteiger partial charge in [0.2, 0.25) is 5.95 Å². The van der Waals surface area contributed by atoms with Crippen LogP contribution in [-0.4, -0.2) is 38.6 Å². The minimum atomic E-state index is 0.699. The van der Waals surface area contributed by atoms with E-state index >= 15 is 0 Å². The van der Waals surface area contributed by atoms with Crippen molar-refractivity contribution in [3.63, 3.8) is 0 Å². The minimum absolute atomic E-state index is 0.699. The first-order valence-electron chi connectivity index (χ1n) is 5.24. The number of halogens is 1. The molecule has 2 atom stereocenters. The summed E-state index contributed by atoms with van der Waals surface area (Å²) in [6, 6.07) is 0. The van der Waals surface area contributed by atoms with Gasteiger partial charge in [-0.3, -0.25) is 0 Å². The summed E-state index contributed by atoms with van der Waals surface area (Å²) < 4.78 is 1.74. The summed E-state index contributed by atoms with van der Waals surface area (Å²) in [4.78, 5) is 2.28. The Bertz CT molecular complexity index is 326. The molecule has 1 aliphatic heterocycles.